The molecule has 5 nitrogen and oxygen atoms in total. The number of para-hydroxylation sites is 1. The van der Waals surface area contributed by atoms with Crippen molar-refractivity contribution < 1.29 is 4.79 Å². The average Bonchev–Trinajstić information content (AvgIpc) is 3.24. The number of aromatic nitrogens is 3. The van der Waals surface area contributed by atoms with Gasteiger partial charge in [0.05, 0.1) is 17.1 Å². The molecule has 0 fully saturated rings. The molecule has 0 atom stereocenters. The topological polar surface area (TPSA) is 51.0 Å². The van der Waals surface area contributed by atoms with Crippen LogP contribution in [0.4, 0.5) is 11.4 Å². The number of nitrogens with zero attached hydrogens (tertiary/aromatic N) is 4. The van der Waals surface area contributed by atoms with Crippen molar-refractivity contribution in [1.82, 2.24) is 14.8 Å². The summed E-state index contributed by atoms with van der Waals surface area (Å²) in [4.78, 5) is 17.3. The number of fused-ring (bicyclic) bond motifs is 2. The van der Waals surface area contributed by atoms with Gasteiger partial charge in [-0.2, -0.15) is 0 Å². The molecule has 2 heterocycles. The van der Waals surface area contributed by atoms with Gasteiger partial charge >= 0.3 is 0 Å². The van der Waals surface area contributed by atoms with Gasteiger partial charge in [0.1, 0.15) is 0 Å². The molecule has 5 rings (SSSR count). The summed E-state index contributed by atoms with van der Waals surface area (Å²) in [6, 6.07) is 21.0. The van der Waals surface area contributed by atoms with Crippen LogP contribution in [0.15, 0.2) is 81.7 Å². The number of carbonyl (C=O) groups excluding carboxylic acids is 1. The van der Waals surface area contributed by atoms with E-state index < -0.39 is 0 Å². The van der Waals surface area contributed by atoms with Crippen molar-refractivity contribution in [2.45, 2.75) is 28.4 Å². The lowest BCUT2D eigenvalue weighted by molar-refractivity contribution is -0.115. The van der Waals surface area contributed by atoms with Gasteiger partial charge in [0.15, 0.2) is 11.0 Å². The Bertz CT molecular complexity index is 1340. The fraction of sp³-hybridized carbons (Fsp3) is 0.125. The van der Waals surface area contributed by atoms with Gasteiger partial charge in [-0.25, -0.2) is 0 Å². The van der Waals surface area contributed by atoms with Crippen molar-refractivity contribution in [3.63, 3.8) is 0 Å². The molecule has 1 amide bonds. The van der Waals surface area contributed by atoms with E-state index in [1.807, 2.05) is 78.2 Å². The zero-order chi connectivity index (χ0) is 22.9. The first-order valence-electron chi connectivity index (χ1n) is 10.3. The second kappa shape index (κ2) is 9.43. The molecule has 3 aromatic carbocycles. The standard InChI is InChI=1S/C24H18Cl2N4OS2/c1-2-29-23(15-7-9-16(25)10-8-15)27-28-24(29)32-14-22(31)30-18-5-3-4-6-20(18)33-21-12-11-17(26)13-19(21)30/h3-13H,2,14H2,1H3. The summed E-state index contributed by atoms with van der Waals surface area (Å²) >= 11 is 15.3. The fourth-order valence-corrected chi connectivity index (χ4v) is 5.86. The van der Waals surface area contributed by atoms with E-state index in [2.05, 4.69) is 10.2 Å². The SMILES string of the molecule is CCn1c(SCC(=O)N2c3ccccc3Sc3ccc(Cl)cc32)nnc1-c1ccc(Cl)cc1. The molecule has 4 aromatic rings. The summed E-state index contributed by atoms with van der Waals surface area (Å²) in [6.45, 7) is 2.72. The average molecular weight is 513 g/mol. The number of carbonyl (C=O) groups is 1. The Balaban J connectivity index is 1.42. The summed E-state index contributed by atoms with van der Waals surface area (Å²) < 4.78 is 2.01. The lowest BCUT2D eigenvalue weighted by Gasteiger charge is -2.31. The predicted molar refractivity (Wildman–Crippen MR) is 136 cm³/mol. The predicted octanol–water partition coefficient (Wildman–Crippen LogP) is 7.19. The lowest BCUT2D eigenvalue weighted by atomic mass is 10.2. The normalized spacial score (nSPS) is 12.4. The first kappa shape index (κ1) is 22.3. The highest BCUT2D eigenvalue weighted by atomic mass is 35.5. The van der Waals surface area contributed by atoms with Gasteiger partial charge in [0.2, 0.25) is 5.91 Å². The van der Waals surface area contributed by atoms with Crippen molar-refractivity contribution in [2.75, 3.05) is 10.7 Å². The Labute approximate surface area is 210 Å². The van der Waals surface area contributed by atoms with Crippen LogP contribution in [-0.4, -0.2) is 26.4 Å². The molecular weight excluding hydrogens is 495 g/mol. The maximum atomic E-state index is 13.5. The van der Waals surface area contributed by atoms with Crippen LogP contribution in [0, 0.1) is 0 Å². The molecular formula is C24H18Cl2N4OS2. The molecule has 1 aliphatic heterocycles. The number of thioether (sulfide) groups is 1. The van der Waals surface area contributed by atoms with E-state index in [-0.39, 0.29) is 11.7 Å². The van der Waals surface area contributed by atoms with Gasteiger partial charge in [-0.15, -0.1) is 10.2 Å². The second-order valence-electron chi connectivity index (χ2n) is 7.26. The molecule has 0 saturated carbocycles. The van der Waals surface area contributed by atoms with Crippen molar-refractivity contribution >= 4 is 64.0 Å². The molecule has 9 heteroatoms. The largest absolute Gasteiger partial charge is 0.302 e. The Hall–Kier alpha value is -2.45. The van der Waals surface area contributed by atoms with Gasteiger partial charge in [-0.3, -0.25) is 9.69 Å². The number of amides is 1. The van der Waals surface area contributed by atoms with Crippen LogP contribution in [0.25, 0.3) is 11.4 Å². The minimum absolute atomic E-state index is 0.0463. The summed E-state index contributed by atoms with van der Waals surface area (Å²) in [5.74, 6) is 0.917. The number of anilines is 2. The molecule has 33 heavy (non-hydrogen) atoms. The molecule has 1 aromatic heterocycles. The summed E-state index contributed by atoms with van der Waals surface area (Å²) in [5.41, 5.74) is 2.59. The van der Waals surface area contributed by atoms with Crippen LogP contribution < -0.4 is 4.90 Å². The highest BCUT2D eigenvalue weighted by Gasteiger charge is 2.28. The first-order valence-corrected chi connectivity index (χ1v) is 12.8. The summed E-state index contributed by atoms with van der Waals surface area (Å²) in [6.07, 6.45) is 0. The Morgan fingerprint density at radius 1 is 0.939 bits per heavy atom. The lowest BCUT2D eigenvalue weighted by Crippen LogP contribution is -2.30. The van der Waals surface area contributed by atoms with Crippen LogP contribution in [-0.2, 0) is 11.3 Å². The van der Waals surface area contributed by atoms with Crippen LogP contribution in [0.3, 0.4) is 0 Å². The molecule has 166 valence electrons. The number of hydrogen-bond acceptors (Lipinski definition) is 5. The monoisotopic (exact) mass is 512 g/mol. The Kier molecular flexibility index (Phi) is 6.38. The van der Waals surface area contributed by atoms with Crippen molar-refractivity contribution in [1.29, 1.82) is 0 Å². The van der Waals surface area contributed by atoms with E-state index >= 15 is 0 Å². The molecule has 0 N–H and O–H groups in total. The smallest absolute Gasteiger partial charge is 0.242 e. The Morgan fingerprint density at radius 2 is 1.67 bits per heavy atom. The minimum Gasteiger partial charge on any atom is -0.302 e. The van der Waals surface area contributed by atoms with Crippen molar-refractivity contribution in [3.05, 3.63) is 76.8 Å². The van der Waals surface area contributed by atoms with Gasteiger partial charge in [-0.05, 0) is 61.5 Å². The number of halogens is 2. The molecule has 0 spiro atoms. The molecule has 0 aliphatic carbocycles. The van der Waals surface area contributed by atoms with E-state index in [0.29, 0.717) is 21.7 Å². The van der Waals surface area contributed by atoms with Crippen LogP contribution >= 0.6 is 46.7 Å². The minimum atomic E-state index is -0.0463. The third-order valence-corrected chi connectivity index (χ3v) is 7.77. The fourth-order valence-electron chi connectivity index (χ4n) is 3.68. The molecule has 0 bridgehead atoms. The second-order valence-corrected chi connectivity index (χ2v) is 10.2. The van der Waals surface area contributed by atoms with Crippen LogP contribution in [0.5, 0.6) is 0 Å². The van der Waals surface area contributed by atoms with Crippen molar-refractivity contribution in [3.8, 4) is 11.4 Å². The number of rotatable bonds is 5. The maximum Gasteiger partial charge on any atom is 0.242 e. The molecule has 0 saturated heterocycles. The summed E-state index contributed by atoms with van der Waals surface area (Å²) in [7, 11) is 0. The van der Waals surface area contributed by atoms with Gasteiger partial charge in [-0.1, -0.05) is 58.9 Å². The quantitative estimate of drug-likeness (QED) is 0.264. The molecule has 0 radical (unpaired) electrons. The van der Waals surface area contributed by atoms with Gasteiger partial charge in [0.25, 0.3) is 0 Å². The zero-order valence-electron chi connectivity index (χ0n) is 17.5. The van der Waals surface area contributed by atoms with Crippen LogP contribution in [0.1, 0.15) is 6.92 Å². The van der Waals surface area contributed by atoms with E-state index in [0.717, 1.165) is 32.6 Å². The van der Waals surface area contributed by atoms with E-state index in [4.69, 9.17) is 23.2 Å². The maximum absolute atomic E-state index is 13.5. The zero-order valence-corrected chi connectivity index (χ0v) is 20.7. The van der Waals surface area contributed by atoms with E-state index in [1.54, 1.807) is 16.7 Å². The molecule has 1 aliphatic rings. The van der Waals surface area contributed by atoms with Crippen molar-refractivity contribution in [2.24, 2.45) is 0 Å². The highest BCUT2D eigenvalue weighted by Crippen LogP contribution is 2.49. The molecule has 0 unspecified atom stereocenters. The van der Waals surface area contributed by atoms with E-state index in [9.17, 15) is 4.79 Å². The summed E-state index contributed by atoms with van der Waals surface area (Å²) in [5, 5.41) is 10.7. The number of hydrogen-bond donors (Lipinski definition) is 0. The van der Waals surface area contributed by atoms with Gasteiger partial charge < -0.3 is 4.57 Å². The number of benzene rings is 3. The first-order chi connectivity index (χ1) is 16.0. The van der Waals surface area contributed by atoms with Crippen LogP contribution in [0.2, 0.25) is 10.0 Å². The van der Waals surface area contributed by atoms with E-state index in [1.165, 1.54) is 11.8 Å². The highest BCUT2D eigenvalue weighted by molar-refractivity contribution is 8.00. The van der Waals surface area contributed by atoms with Gasteiger partial charge in [0, 0.05) is 31.9 Å². The third-order valence-electron chi connectivity index (χ3n) is 5.20. The third kappa shape index (κ3) is 4.38. The Morgan fingerprint density at radius 3 is 2.45 bits per heavy atom.